The molecule has 5 nitrogen and oxygen atoms in total. The number of aromatic nitrogens is 1. The zero-order valence-electron chi connectivity index (χ0n) is 12.6. The second-order valence-electron chi connectivity index (χ2n) is 5.67. The molecule has 1 aliphatic carbocycles. The number of anilines is 2. The minimum Gasteiger partial charge on any atom is -0.397 e. The Balaban J connectivity index is 1.77. The molecule has 0 atom stereocenters. The van der Waals surface area contributed by atoms with E-state index in [-0.39, 0.29) is 0 Å². The van der Waals surface area contributed by atoms with Gasteiger partial charge in [-0.1, -0.05) is 11.2 Å². The summed E-state index contributed by atoms with van der Waals surface area (Å²) in [5.41, 5.74) is 10.8. The van der Waals surface area contributed by atoms with E-state index in [9.17, 15) is 0 Å². The molecule has 1 saturated carbocycles. The molecule has 1 heterocycles. The standard InChI is InChI=1S/C16H21N3O2/c1-9-16(10(2)21-19-9)11-4-5-15(14(17)6-11)18-12-7-13(8-12)20-3/h4-6,12-13,18H,7-8,17H2,1-3H3. The van der Waals surface area contributed by atoms with Crippen LogP contribution in [0.4, 0.5) is 11.4 Å². The van der Waals surface area contributed by atoms with Crippen molar-refractivity contribution in [2.75, 3.05) is 18.2 Å². The summed E-state index contributed by atoms with van der Waals surface area (Å²) < 4.78 is 10.5. The molecule has 0 saturated heterocycles. The molecular formula is C16H21N3O2. The molecule has 21 heavy (non-hydrogen) atoms. The number of nitrogens with one attached hydrogen (secondary N) is 1. The van der Waals surface area contributed by atoms with Gasteiger partial charge in [-0.3, -0.25) is 0 Å². The number of methoxy groups -OCH3 is 1. The lowest BCUT2D eigenvalue weighted by atomic mass is 9.89. The summed E-state index contributed by atoms with van der Waals surface area (Å²) in [5, 5.41) is 7.46. The van der Waals surface area contributed by atoms with E-state index >= 15 is 0 Å². The molecule has 5 heteroatoms. The van der Waals surface area contributed by atoms with Crippen molar-refractivity contribution in [3.05, 3.63) is 29.7 Å². The van der Waals surface area contributed by atoms with Crippen LogP contribution in [0.1, 0.15) is 24.3 Å². The molecule has 0 unspecified atom stereocenters. The molecule has 0 aliphatic heterocycles. The molecule has 3 N–H and O–H groups in total. The van der Waals surface area contributed by atoms with E-state index in [4.69, 9.17) is 15.0 Å². The highest BCUT2D eigenvalue weighted by atomic mass is 16.5. The van der Waals surface area contributed by atoms with E-state index in [1.165, 1.54) is 0 Å². The minimum absolute atomic E-state index is 0.380. The number of rotatable bonds is 4. The normalized spacial score (nSPS) is 21.1. The summed E-state index contributed by atoms with van der Waals surface area (Å²) in [6.07, 6.45) is 2.44. The van der Waals surface area contributed by atoms with Crippen LogP contribution in [0, 0.1) is 13.8 Å². The molecule has 1 aromatic heterocycles. The molecule has 2 aromatic rings. The smallest absolute Gasteiger partial charge is 0.141 e. The van der Waals surface area contributed by atoms with Gasteiger partial charge in [0.05, 0.1) is 23.2 Å². The molecule has 3 rings (SSSR count). The maximum atomic E-state index is 6.18. The number of ether oxygens (including phenoxy) is 1. The molecular weight excluding hydrogens is 266 g/mol. The largest absolute Gasteiger partial charge is 0.397 e. The van der Waals surface area contributed by atoms with Gasteiger partial charge in [-0.2, -0.15) is 0 Å². The van der Waals surface area contributed by atoms with E-state index < -0.39 is 0 Å². The second-order valence-corrected chi connectivity index (χ2v) is 5.67. The first-order chi connectivity index (χ1) is 10.1. The average molecular weight is 287 g/mol. The van der Waals surface area contributed by atoms with Gasteiger partial charge in [0.15, 0.2) is 0 Å². The summed E-state index contributed by atoms with van der Waals surface area (Å²) in [4.78, 5) is 0. The first-order valence-corrected chi connectivity index (χ1v) is 7.20. The summed E-state index contributed by atoms with van der Waals surface area (Å²) in [6, 6.07) is 6.50. The van der Waals surface area contributed by atoms with Crippen molar-refractivity contribution in [3.8, 4) is 11.1 Å². The SMILES string of the molecule is COC1CC(Nc2ccc(-c3c(C)noc3C)cc2N)C1. The molecule has 112 valence electrons. The summed E-state index contributed by atoms with van der Waals surface area (Å²) in [7, 11) is 1.76. The number of hydrogen-bond acceptors (Lipinski definition) is 5. The van der Waals surface area contributed by atoms with Crippen LogP contribution in [0.2, 0.25) is 0 Å². The molecule has 1 aromatic carbocycles. The van der Waals surface area contributed by atoms with Crippen LogP contribution in [0.15, 0.2) is 22.7 Å². The Morgan fingerprint density at radius 1 is 1.33 bits per heavy atom. The number of nitrogen functional groups attached to an aromatic ring is 1. The third-order valence-electron chi connectivity index (χ3n) is 4.16. The number of nitrogens with zero attached hydrogens (tertiary/aromatic N) is 1. The average Bonchev–Trinajstić information content (AvgIpc) is 2.74. The van der Waals surface area contributed by atoms with Gasteiger partial charge >= 0.3 is 0 Å². The van der Waals surface area contributed by atoms with Crippen LogP contribution in [-0.4, -0.2) is 24.4 Å². The van der Waals surface area contributed by atoms with E-state index in [1.807, 2.05) is 26.0 Å². The minimum atomic E-state index is 0.380. The Hall–Kier alpha value is -2.01. The van der Waals surface area contributed by atoms with Gasteiger partial charge in [0.25, 0.3) is 0 Å². The maximum absolute atomic E-state index is 6.18. The van der Waals surface area contributed by atoms with Crippen LogP contribution in [-0.2, 0) is 4.74 Å². The van der Waals surface area contributed by atoms with Crippen LogP contribution < -0.4 is 11.1 Å². The van der Waals surface area contributed by atoms with Crippen molar-refractivity contribution >= 4 is 11.4 Å². The van der Waals surface area contributed by atoms with Crippen LogP contribution in [0.25, 0.3) is 11.1 Å². The summed E-state index contributed by atoms with van der Waals surface area (Å²) in [6.45, 7) is 3.85. The zero-order chi connectivity index (χ0) is 15.0. The van der Waals surface area contributed by atoms with E-state index in [0.29, 0.717) is 12.1 Å². The fraction of sp³-hybridized carbons (Fsp3) is 0.438. The fourth-order valence-corrected chi connectivity index (χ4v) is 2.84. The molecule has 0 amide bonds. The van der Waals surface area contributed by atoms with Gasteiger partial charge in [-0.25, -0.2) is 0 Å². The van der Waals surface area contributed by atoms with Crippen molar-refractivity contribution in [2.45, 2.75) is 38.8 Å². The van der Waals surface area contributed by atoms with Crippen molar-refractivity contribution in [2.24, 2.45) is 0 Å². The monoisotopic (exact) mass is 287 g/mol. The highest BCUT2D eigenvalue weighted by Gasteiger charge is 2.29. The van der Waals surface area contributed by atoms with Crippen LogP contribution in [0.3, 0.4) is 0 Å². The van der Waals surface area contributed by atoms with Crippen molar-refractivity contribution in [1.29, 1.82) is 0 Å². The third-order valence-corrected chi connectivity index (χ3v) is 4.16. The van der Waals surface area contributed by atoms with Gasteiger partial charge in [0, 0.05) is 18.7 Å². The Bertz CT molecular complexity index is 625. The maximum Gasteiger partial charge on any atom is 0.141 e. The summed E-state index contributed by atoms with van der Waals surface area (Å²) in [5.74, 6) is 0.814. The quantitative estimate of drug-likeness (QED) is 0.845. The molecule has 0 radical (unpaired) electrons. The Morgan fingerprint density at radius 3 is 2.67 bits per heavy atom. The van der Waals surface area contributed by atoms with E-state index in [1.54, 1.807) is 7.11 Å². The first-order valence-electron chi connectivity index (χ1n) is 7.20. The Kier molecular flexibility index (Phi) is 3.59. The van der Waals surface area contributed by atoms with Crippen molar-refractivity contribution in [1.82, 2.24) is 5.16 Å². The third kappa shape index (κ3) is 2.61. The summed E-state index contributed by atoms with van der Waals surface area (Å²) >= 11 is 0. The van der Waals surface area contributed by atoms with E-state index in [0.717, 1.165) is 46.8 Å². The second kappa shape index (κ2) is 5.41. The van der Waals surface area contributed by atoms with Gasteiger partial charge in [0.1, 0.15) is 5.76 Å². The lowest BCUT2D eigenvalue weighted by Crippen LogP contribution is -2.40. The van der Waals surface area contributed by atoms with Crippen LogP contribution >= 0.6 is 0 Å². The number of hydrogen-bond donors (Lipinski definition) is 2. The fourth-order valence-electron chi connectivity index (χ4n) is 2.84. The first kappa shape index (κ1) is 13.9. The molecule has 1 aliphatic rings. The predicted molar refractivity (Wildman–Crippen MR) is 83.3 cm³/mol. The Labute approximate surface area is 124 Å². The van der Waals surface area contributed by atoms with Gasteiger partial charge < -0.3 is 20.3 Å². The number of aryl methyl sites for hydroxylation is 2. The lowest BCUT2D eigenvalue weighted by molar-refractivity contribution is 0.0329. The highest BCUT2D eigenvalue weighted by Crippen LogP contribution is 2.33. The zero-order valence-corrected chi connectivity index (χ0v) is 12.6. The highest BCUT2D eigenvalue weighted by molar-refractivity contribution is 5.77. The van der Waals surface area contributed by atoms with Gasteiger partial charge in [-0.15, -0.1) is 0 Å². The van der Waals surface area contributed by atoms with Crippen molar-refractivity contribution in [3.63, 3.8) is 0 Å². The number of benzene rings is 1. The Morgan fingerprint density at radius 2 is 2.10 bits per heavy atom. The molecule has 1 fully saturated rings. The van der Waals surface area contributed by atoms with Crippen LogP contribution in [0.5, 0.6) is 0 Å². The molecule has 0 spiro atoms. The topological polar surface area (TPSA) is 73.3 Å². The van der Waals surface area contributed by atoms with Gasteiger partial charge in [-0.05, 0) is 44.4 Å². The predicted octanol–water partition coefficient (Wildman–Crippen LogP) is 3.13. The van der Waals surface area contributed by atoms with E-state index in [2.05, 4.69) is 16.5 Å². The van der Waals surface area contributed by atoms with Gasteiger partial charge in [0.2, 0.25) is 0 Å². The number of nitrogens with two attached hydrogens (primary N) is 1. The lowest BCUT2D eigenvalue weighted by Gasteiger charge is -2.35. The molecule has 0 bridgehead atoms. The van der Waals surface area contributed by atoms with Crippen molar-refractivity contribution < 1.29 is 9.26 Å².